The first kappa shape index (κ1) is 15.4. The molecule has 0 radical (unpaired) electrons. The number of hydrogen-bond acceptors (Lipinski definition) is 3. The highest BCUT2D eigenvalue weighted by molar-refractivity contribution is 5.67. The minimum absolute atomic E-state index is 0.221. The van der Waals surface area contributed by atoms with Crippen LogP contribution in [0.2, 0.25) is 0 Å². The van der Waals surface area contributed by atoms with Gasteiger partial charge in [-0.15, -0.1) is 0 Å². The number of ether oxygens (including phenoxy) is 2. The number of amides is 1. The second-order valence-electron chi connectivity index (χ2n) is 5.21. The Balaban J connectivity index is 2.54. The Labute approximate surface area is 112 Å². The third kappa shape index (κ3) is 5.70. The number of methoxy groups -OCH3 is 1. The fourth-order valence-electron chi connectivity index (χ4n) is 1.46. The van der Waals surface area contributed by atoms with Gasteiger partial charge < -0.3 is 14.8 Å². The van der Waals surface area contributed by atoms with E-state index in [1.807, 2.05) is 0 Å². The molecular formula is C14H20FNO3. The summed E-state index contributed by atoms with van der Waals surface area (Å²) in [7, 11) is 1.51. The van der Waals surface area contributed by atoms with Crippen LogP contribution in [0, 0.1) is 5.82 Å². The lowest BCUT2D eigenvalue weighted by Gasteiger charge is -2.19. The molecule has 0 aliphatic rings. The topological polar surface area (TPSA) is 47.6 Å². The maximum absolute atomic E-state index is 13.6. The van der Waals surface area contributed by atoms with Crippen molar-refractivity contribution in [1.29, 1.82) is 0 Å². The summed E-state index contributed by atoms with van der Waals surface area (Å²) < 4.78 is 23.6. The summed E-state index contributed by atoms with van der Waals surface area (Å²) in [4.78, 5) is 11.4. The van der Waals surface area contributed by atoms with Gasteiger partial charge in [-0.05, 0) is 32.4 Å². The second-order valence-corrected chi connectivity index (χ2v) is 5.21. The minimum atomic E-state index is -0.544. The molecule has 0 fully saturated rings. The van der Waals surface area contributed by atoms with Gasteiger partial charge in [0.25, 0.3) is 0 Å². The van der Waals surface area contributed by atoms with E-state index in [0.29, 0.717) is 11.1 Å². The summed E-state index contributed by atoms with van der Waals surface area (Å²) in [5.41, 5.74) is 0.615. The van der Waals surface area contributed by atoms with Gasteiger partial charge in [0, 0.05) is 19.2 Å². The summed E-state index contributed by atoms with van der Waals surface area (Å²) in [5.74, 6) is -0.342. The molecule has 0 aliphatic heterocycles. The molecule has 0 saturated heterocycles. The molecule has 1 aromatic carbocycles. The maximum Gasteiger partial charge on any atom is 0.407 e. The van der Waals surface area contributed by atoms with Gasteiger partial charge >= 0.3 is 6.09 Å². The van der Waals surface area contributed by atoms with Crippen molar-refractivity contribution in [3.8, 4) is 0 Å². The van der Waals surface area contributed by atoms with Crippen molar-refractivity contribution in [2.24, 2.45) is 0 Å². The van der Waals surface area contributed by atoms with Crippen LogP contribution in [0.25, 0.3) is 0 Å². The molecule has 19 heavy (non-hydrogen) atoms. The summed E-state index contributed by atoms with van der Waals surface area (Å²) in [6.45, 7) is 5.80. The van der Waals surface area contributed by atoms with Crippen LogP contribution in [0.4, 0.5) is 9.18 Å². The van der Waals surface area contributed by atoms with E-state index >= 15 is 0 Å². The summed E-state index contributed by atoms with van der Waals surface area (Å²) in [6, 6.07) is 4.77. The largest absolute Gasteiger partial charge is 0.444 e. The van der Waals surface area contributed by atoms with Crippen LogP contribution >= 0.6 is 0 Å². The Hall–Kier alpha value is -1.62. The first-order valence-corrected chi connectivity index (χ1v) is 6.05. The highest BCUT2D eigenvalue weighted by Gasteiger charge is 2.15. The predicted octanol–water partition coefficient (Wildman–Crippen LogP) is 3.00. The molecule has 1 amide bonds. The smallest absolute Gasteiger partial charge is 0.407 e. The number of alkyl carbamates (subject to hydrolysis) is 1. The lowest BCUT2D eigenvalue weighted by molar-refractivity contribution is 0.0523. The predicted molar refractivity (Wildman–Crippen MR) is 70.2 cm³/mol. The van der Waals surface area contributed by atoms with Gasteiger partial charge in [0.1, 0.15) is 11.4 Å². The summed E-state index contributed by atoms with van der Waals surface area (Å²) in [5, 5.41) is 2.58. The van der Waals surface area contributed by atoms with Crippen molar-refractivity contribution in [2.45, 2.75) is 39.5 Å². The zero-order chi connectivity index (χ0) is 14.5. The van der Waals surface area contributed by atoms with Crippen molar-refractivity contribution < 1.29 is 18.7 Å². The van der Waals surface area contributed by atoms with Crippen molar-refractivity contribution in [3.05, 3.63) is 35.1 Å². The fourth-order valence-corrected chi connectivity index (χ4v) is 1.46. The third-order valence-corrected chi connectivity index (χ3v) is 2.25. The van der Waals surface area contributed by atoms with Gasteiger partial charge in [-0.2, -0.15) is 0 Å². The summed E-state index contributed by atoms with van der Waals surface area (Å²) in [6.07, 6.45) is -0.520. The summed E-state index contributed by atoms with van der Waals surface area (Å²) >= 11 is 0. The average Bonchev–Trinajstić information content (AvgIpc) is 2.27. The third-order valence-electron chi connectivity index (χ3n) is 2.25. The monoisotopic (exact) mass is 269 g/mol. The van der Waals surface area contributed by atoms with Crippen molar-refractivity contribution in [3.63, 3.8) is 0 Å². The quantitative estimate of drug-likeness (QED) is 0.914. The van der Waals surface area contributed by atoms with Crippen LogP contribution in [0.3, 0.4) is 0 Å². The molecule has 0 heterocycles. The van der Waals surface area contributed by atoms with Crippen molar-refractivity contribution in [1.82, 2.24) is 5.32 Å². The van der Waals surface area contributed by atoms with Gasteiger partial charge in [0.2, 0.25) is 0 Å². The SMILES string of the molecule is COCc1ccc(CNC(=O)OC(C)(C)C)cc1F. The molecule has 1 rings (SSSR count). The van der Waals surface area contributed by atoms with E-state index in [1.54, 1.807) is 32.9 Å². The van der Waals surface area contributed by atoms with Crippen LogP contribution in [0.15, 0.2) is 18.2 Å². The van der Waals surface area contributed by atoms with E-state index < -0.39 is 11.7 Å². The maximum atomic E-state index is 13.6. The zero-order valence-electron chi connectivity index (χ0n) is 11.7. The number of carbonyl (C=O) groups excluding carboxylic acids is 1. The molecule has 0 unspecified atom stereocenters. The van der Waals surface area contributed by atoms with Gasteiger partial charge in [-0.3, -0.25) is 0 Å². The molecule has 0 spiro atoms. The Kier molecular flexibility index (Phi) is 5.30. The number of halogens is 1. The van der Waals surface area contributed by atoms with E-state index in [0.717, 1.165) is 0 Å². The number of nitrogens with one attached hydrogen (secondary N) is 1. The number of benzene rings is 1. The molecule has 0 aromatic heterocycles. The van der Waals surface area contributed by atoms with Crippen LogP contribution in [0.5, 0.6) is 0 Å². The normalized spacial score (nSPS) is 11.2. The molecule has 1 N–H and O–H groups in total. The second kappa shape index (κ2) is 6.52. The average molecular weight is 269 g/mol. The Morgan fingerprint density at radius 1 is 1.37 bits per heavy atom. The van der Waals surface area contributed by atoms with Gasteiger partial charge in [0.05, 0.1) is 6.61 Å². The van der Waals surface area contributed by atoms with Crippen molar-refractivity contribution in [2.75, 3.05) is 7.11 Å². The zero-order valence-corrected chi connectivity index (χ0v) is 11.7. The standard InChI is InChI=1S/C14H20FNO3/c1-14(2,3)19-13(17)16-8-10-5-6-11(9-18-4)12(15)7-10/h5-7H,8-9H2,1-4H3,(H,16,17). The van der Waals surface area contributed by atoms with Gasteiger partial charge in [0.15, 0.2) is 0 Å². The molecule has 0 bridgehead atoms. The van der Waals surface area contributed by atoms with E-state index in [-0.39, 0.29) is 19.0 Å². The molecule has 5 heteroatoms. The van der Waals surface area contributed by atoms with E-state index in [4.69, 9.17) is 9.47 Å². The Bertz CT molecular complexity index is 441. The highest BCUT2D eigenvalue weighted by atomic mass is 19.1. The number of hydrogen-bond donors (Lipinski definition) is 1. The molecule has 0 atom stereocenters. The minimum Gasteiger partial charge on any atom is -0.444 e. The Morgan fingerprint density at radius 2 is 2.05 bits per heavy atom. The number of carbonyl (C=O) groups is 1. The molecule has 1 aromatic rings. The first-order chi connectivity index (χ1) is 8.81. The van der Waals surface area contributed by atoms with Gasteiger partial charge in [-0.1, -0.05) is 12.1 Å². The van der Waals surface area contributed by atoms with Crippen LogP contribution in [-0.4, -0.2) is 18.8 Å². The first-order valence-electron chi connectivity index (χ1n) is 6.05. The fraction of sp³-hybridized carbons (Fsp3) is 0.500. The Morgan fingerprint density at radius 3 is 2.58 bits per heavy atom. The van der Waals surface area contributed by atoms with Crippen molar-refractivity contribution >= 4 is 6.09 Å². The van der Waals surface area contributed by atoms with Crippen LogP contribution < -0.4 is 5.32 Å². The molecular weight excluding hydrogens is 249 g/mol. The van der Waals surface area contributed by atoms with Crippen LogP contribution in [0.1, 0.15) is 31.9 Å². The lowest BCUT2D eigenvalue weighted by Crippen LogP contribution is -2.32. The highest BCUT2D eigenvalue weighted by Crippen LogP contribution is 2.12. The lowest BCUT2D eigenvalue weighted by atomic mass is 10.1. The molecule has 0 aliphatic carbocycles. The van der Waals surface area contributed by atoms with Crippen LogP contribution in [-0.2, 0) is 22.6 Å². The molecule has 0 saturated carbocycles. The van der Waals surface area contributed by atoms with E-state index in [9.17, 15) is 9.18 Å². The molecule has 4 nitrogen and oxygen atoms in total. The van der Waals surface area contributed by atoms with E-state index in [2.05, 4.69) is 5.32 Å². The molecule has 106 valence electrons. The van der Waals surface area contributed by atoms with Gasteiger partial charge in [-0.25, -0.2) is 9.18 Å². The number of rotatable bonds is 4. The van der Waals surface area contributed by atoms with E-state index in [1.165, 1.54) is 13.2 Å².